The monoisotopic (exact) mass is 291 g/mol. The fraction of sp³-hybridized carbons (Fsp3) is 0.500. The molecule has 1 aliphatic carbocycles. The third-order valence-electron chi connectivity index (χ3n) is 3.49. The highest BCUT2D eigenvalue weighted by Gasteiger charge is 2.25. The third kappa shape index (κ3) is 5.45. The molecule has 0 unspecified atom stereocenters. The van der Waals surface area contributed by atoms with Gasteiger partial charge in [0.15, 0.2) is 0 Å². The molecule has 1 aliphatic rings. The molecular weight excluding hydrogens is 270 g/mol. The summed E-state index contributed by atoms with van der Waals surface area (Å²) >= 11 is 0. The van der Waals surface area contributed by atoms with Crippen molar-refractivity contribution >= 4 is 12.1 Å². The minimum absolute atomic E-state index is 0.00590. The minimum atomic E-state index is -0.424. The van der Waals surface area contributed by atoms with E-state index in [0.717, 1.165) is 24.8 Å². The Morgan fingerprint density at radius 3 is 2.71 bits per heavy atom. The summed E-state index contributed by atoms with van der Waals surface area (Å²) in [4.78, 5) is 22.7. The van der Waals surface area contributed by atoms with E-state index in [1.165, 1.54) is 6.92 Å². The quantitative estimate of drug-likeness (QED) is 0.866. The Balaban J connectivity index is 1.73. The molecule has 0 bridgehead atoms. The number of carbonyl (C=O) groups is 2. The Morgan fingerprint density at radius 2 is 2.00 bits per heavy atom. The number of nitrogens with one attached hydrogen (secondary N) is 1. The molecule has 1 aromatic carbocycles. The van der Waals surface area contributed by atoms with Crippen LogP contribution in [0.4, 0.5) is 4.79 Å². The fourth-order valence-electron chi connectivity index (χ4n) is 2.55. The number of rotatable bonds is 4. The second kappa shape index (κ2) is 7.67. The van der Waals surface area contributed by atoms with Crippen molar-refractivity contribution in [3.63, 3.8) is 0 Å². The molecule has 21 heavy (non-hydrogen) atoms. The van der Waals surface area contributed by atoms with Gasteiger partial charge in [-0.1, -0.05) is 30.3 Å². The summed E-state index contributed by atoms with van der Waals surface area (Å²) in [5, 5.41) is 2.84. The van der Waals surface area contributed by atoms with Gasteiger partial charge in [-0.2, -0.15) is 0 Å². The van der Waals surface area contributed by atoms with Crippen molar-refractivity contribution in [3.05, 3.63) is 35.9 Å². The number of benzene rings is 1. The van der Waals surface area contributed by atoms with Gasteiger partial charge in [0.25, 0.3) is 0 Å². The summed E-state index contributed by atoms with van der Waals surface area (Å²) in [6, 6.07) is 9.55. The second-order valence-corrected chi connectivity index (χ2v) is 5.30. The van der Waals surface area contributed by atoms with Crippen LogP contribution in [0.5, 0.6) is 0 Å². The van der Waals surface area contributed by atoms with E-state index in [2.05, 4.69) is 5.32 Å². The smallest absolute Gasteiger partial charge is 0.407 e. The number of carbonyl (C=O) groups excluding carboxylic acids is 2. The van der Waals surface area contributed by atoms with Crippen LogP contribution in [0.2, 0.25) is 0 Å². The molecule has 1 amide bonds. The normalized spacial score (nSPS) is 21.4. The molecule has 114 valence electrons. The van der Waals surface area contributed by atoms with E-state index in [9.17, 15) is 9.59 Å². The van der Waals surface area contributed by atoms with Crippen molar-refractivity contribution in [2.75, 3.05) is 0 Å². The molecule has 5 heteroatoms. The number of amides is 1. The molecular formula is C16H21NO4. The van der Waals surface area contributed by atoms with E-state index in [0.29, 0.717) is 6.42 Å². The maximum absolute atomic E-state index is 11.8. The van der Waals surface area contributed by atoms with Crippen LogP contribution in [0.3, 0.4) is 0 Å². The van der Waals surface area contributed by atoms with Gasteiger partial charge in [0.1, 0.15) is 12.7 Å². The Kier molecular flexibility index (Phi) is 5.60. The topological polar surface area (TPSA) is 64.6 Å². The van der Waals surface area contributed by atoms with Crippen LogP contribution in [0.1, 0.15) is 38.2 Å². The van der Waals surface area contributed by atoms with Crippen molar-refractivity contribution < 1.29 is 19.1 Å². The van der Waals surface area contributed by atoms with Gasteiger partial charge in [-0.25, -0.2) is 4.79 Å². The predicted octanol–water partition coefficient (Wildman–Crippen LogP) is 2.79. The van der Waals surface area contributed by atoms with E-state index < -0.39 is 6.09 Å². The molecule has 5 nitrogen and oxygen atoms in total. The van der Waals surface area contributed by atoms with Gasteiger partial charge >= 0.3 is 12.1 Å². The molecule has 0 saturated heterocycles. The van der Waals surface area contributed by atoms with Gasteiger partial charge in [0, 0.05) is 19.4 Å². The molecule has 1 aromatic rings. The molecule has 1 saturated carbocycles. The number of alkyl carbamates (subject to hydrolysis) is 1. The van der Waals surface area contributed by atoms with Crippen LogP contribution in [0, 0.1) is 0 Å². The standard InChI is InChI=1S/C16H21NO4/c1-12(18)21-15-9-5-8-14(10-15)17-16(19)20-11-13-6-3-2-4-7-13/h2-4,6-7,14-15H,5,8-11H2,1H3,(H,17,19)/t14-,15+/m1/s1. The van der Waals surface area contributed by atoms with E-state index in [4.69, 9.17) is 9.47 Å². The van der Waals surface area contributed by atoms with Crippen LogP contribution >= 0.6 is 0 Å². The van der Waals surface area contributed by atoms with E-state index in [-0.39, 0.29) is 24.7 Å². The first-order valence-corrected chi connectivity index (χ1v) is 7.28. The van der Waals surface area contributed by atoms with Crippen LogP contribution in [-0.4, -0.2) is 24.2 Å². The van der Waals surface area contributed by atoms with Crippen molar-refractivity contribution in [1.82, 2.24) is 5.32 Å². The Morgan fingerprint density at radius 1 is 1.24 bits per heavy atom. The van der Waals surface area contributed by atoms with E-state index >= 15 is 0 Å². The van der Waals surface area contributed by atoms with Crippen molar-refractivity contribution in [1.29, 1.82) is 0 Å². The highest BCUT2D eigenvalue weighted by molar-refractivity contribution is 5.67. The summed E-state index contributed by atoms with van der Waals surface area (Å²) in [7, 11) is 0. The molecule has 0 heterocycles. The molecule has 0 spiro atoms. The lowest BCUT2D eigenvalue weighted by molar-refractivity contribution is -0.148. The fourth-order valence-corrected chi connectivity index (χ4v) is 2.55. The predicted molar refractivity (Wildman–Crippen MR) is 77.6 cm³/mol. The van der Waals surface area contributed by atoms with Crippen molar-refractivity contribution in [2.24, 2.45) is 0 Å². The zero-order valence-corrected chi connectivity index (χ0v) is 12.2. The van der Waals surface area contributed by atoms with Gasteiger partial charge in [-0.3, -0.25) is 4.79 Å². The first-order chi connectivity index (χ1) is 10.1. The number of hydrogen-bond acceptors (Lipinski definition) is 4. The number of hydrogen-bond donors (Lipinski definition) is 1. The lowest BCUT2D eigenvalue weighted by Crippen LogP contribution is -2.41. The number of esters is 1. The summed E-state index contributed by atoms with van der Waals surface area (Å²) < 4.78 is 10.4. The lowest BCUT2D eigenvalue weighted by Gasteiger charge is -2.28. The van der Waals surface area contributed by atoms with Crippen molar-refractivity contribution in [3.8, 4) is 0 Å². The number of ether oxygens (including phenoxy) is 2. The summed E-state index contributed by atoms with van der Waals surface area (Å²) in [6.07, 6.45) is 2.80. The Labute approximate surface area is 124 Å². The van der Waals surface area contributed by atoms with E-state index in [1.54, 1.807) is 0 Å². The van der Waals surface area contributed by atoms with Crippen LogP contribution in [0.25, 0.3) is 0 Å². The first-order valence-electron chi connectivity index (χ1n) is 7.28. The molecule has 2 rings (SSSR count). The molecule has 2 atom stereocenters. The zero-order chi connectivity index (χ0) is 15.1. The van der Waals surface area contributed by atoms with Crippen LogP contribution < -0.4 is 5.32 Å². The average Bonchev–Trinajstić information content (AvgIpc) is 2.46. The largest absolute Gasteiger partial charge is 0.462 e. The lowest BCUT2D eigenvalue weighted by atomic mass is 9.93. The molecule has 0 radical (unpaired) electrons. The van der Waals surface area contributed by atoms with E-state index in [1.807, 2.05) is 30.3 Å². The molecule has 1 fully saturated rings. The van der Waals surface area contributed by atoms with Gasteiger partial charge in [-0.15, -0.1) is 0 Å². The van der Waals surface area contributed by atoms with Crippen molar-refractivity contribution in [2.45, 2.75) is 51.4 Å². The highest BCUT2D eigenvalue weighted by atomic mass is 16.6. The molecule has 1 N–H and O–H groups in total. The van der Waals surface area contributed by atoms with Gasteiger partial charge in [0.2, 0.25) is 0 Å². The Hall–Kier alpha value is -2.04. The molecule has 0 aliphatic heterocycles. The maximum Gasteiger partial charge on any atom is 0.407 e. The van der Waals surface area contributed by atoms with Gasteiger partial charge < -0.3 is 14.8 Å². The molecule has 0 aromatic heterocycles. The summed E-state index contributed by atoms with van der Waals surface area (Å²) in [5.41, 5.74) is 0.953. The Bertz CT molecular complexity index is 474. The van der Waals surface area contributed by atoms with Crippen LogP contribution in [-0.2, 0) is 20.9 Å². The SMILES string of the molecule is CC(=O)O[C@H]1CCC[C@@H](NC(=O)OCc2ccccc2)C1. The minimum Gasteiger partial charge on any atom is -0.462 e. The van der Waals surface area contributed by atoms with Gasteiger partial charge in [-0.05, 0) is 24.8 Å². The van der Waals surface area contributed by atoms with Gasteiger partial charge in [0.05, 0.1) is 0 Å². The zero-order valence-electron chi connectivity index (χ0n) is 12.2. The average molecular weight is 291 g/mol. The maximum atomic E-state index is 11.8. The highest BCUT2D eigenvalue weighted by Crippen LogP contribution is 2.21. The second-order valence-electron chi connectivity index (χ2n) is 5.30. The summed E-state index contributed by atoms with van der Waals surface area (Å²) in [5.74, 6) is -0.271. The van der Waals surface area contributed by atoms with Crippen LogP contribution in [0.15, 0.2) is 30.3 Å². The summed E-state index contributed by atoms with van der Waals surface area (Å²) in [6.45, 7) is 1.66. The third-order valence-corrected chi connectivity index (χ3v) is 3.49. The first kappa shape index (κ1) is 15.4.